The second-order valence-electron chi connectivity index (χ2n) is 5.75. The summed E-state index contributed by atoms with van der Waals surface area (Å²) in [5.41, 5.74) is 0. The molecule has 1 aromatic heterocycles. The molecule has 6 nitrogen and oxygen atoms in total. The molecular formula is C14H23N3O3. The number of hydrogen-bond donors (Lipinski definition) is 1. The molecule has 0 bridgehead atoms. The quantitative estimate of drug-likeness (QED) is 0.904. The summed E-state index contributed by atoms with van der Waals surface area (Å²) in [4.78, 5) is 4.43. The Hall–Kier alpha value is -0.980. The van der Waals surface area contributed by atoms with Crippen molar-refractivity contribution < 1.29 is 14.0 Å². The van der Waals surface area contributed by atoms with Crippen molar-refractivity contribution in [1.82, 2.24) is 15.5 Å². The van der Waals surface area contributed by atoms with Crippen LogP contribution in [-0.4, -0.2) is 42.1 Å². The van der Waals surface area contributed by atoms with E-state index in [9.17, 15) is 0 Å². The second-order valence-corrected chi connectivity index (χ2v) is 5.75. The van der Waals surface area contributed by atoms with Gasteiger partial charge in [0.2, 0.25) is 5.89 Å². The maximum atomic E-state index is 5.64. The van der Waals surface area contributed by atoms with E-state index in [0.717, 1.165) is 39.1 Å². The predicted octanol–water partition coefficient (Wildman–Crippen LogP) is 1.61. The lowest BCUT2D eigenvalue weighted by Crippen LogP contribution is -2.42. The number of aryl methyl sites for hydroxylation is 1. The van der Waals surface area contributed by atoms with Crippen LogP contribution in [0.3, 0.4) is 0 Å². The zero-order chi connectivity index (χ0) is 13.9. The molecule has 20 heavy (non-hydrogen) atoms. The molecule has 0 radical (unpaired) electrons. The van der Waals surface area contributed by atoms with Gasteiger partial charge in [0.25, 0.3) is 0 Å². The topological polar surface area (TPSA) is 69.4 Å². The van der Waals surface area contributed by atoms with Gasteiger partial charge in [0, 0.05) is 25.9 Å². The highest BCUT2D eigenvalue weighted by molar-refractivity contribution is 4.98. The highest BCUT2D eigenvalue weighted by Crippen LogP contribution is 2.31. The monoisotopic (exact) mass is 281 g/mol. The van der Waals surface area contributed by atoms with Gasteiger partial charge in [-0.1, -0.05) is 5.16 Å². The van der Waals surface area contributed by atoms with Crippen LogP contribution in [-0.2, 0) is 9.47 Å². The highest BCUT2D eigenvalue weighted by Gasteiger charge is 2.34. The molecule has 112 valence electrons. The van der Waals surface area contributed by atoms with E-state index in [-0.39, 0.29) is 12.1 Å². The number of aromatic nitrogens is 2. The fraction of sp³-hybridized carbons (Fsp3) is 0.857. The first-order valence-corrected chi connectivity index (χ1v) is 7.49. The molecule has 2 aliphatic rings. The zero-order valence-electron chi connectivity index (χ0n) is 12.2. The Morgan fingerprint density at radius 3 is 2.60 bits per heavy atom. The van der Waals surface area contributed by atoms with E-state index >= 15 is 0 Å². The van der Waals surface area contributed by atoms with E-state index in [1.165, 1.54) is 0 Å². The number of nitrogens with one attached hydrogen (secondary N) is 1. The summed E-state index contributed by atoms with van der Waals surface area (Å²) in [5.74, 6) is 1.87. The Labute approximate surface area is 119 Å². The van der Waals surface area contributed by atoms with Crippen molar-refractivity contribution in [3.8, 4) is 0 Å². The number of hydrogen-bond acceptors (Lipinski definition) is 6. The SMILES string of the molecule is Cc1noc(C(NC2CCOC2C)C2CCOCC2)n1. The maximum Gasteiger partial charge on any atom is 0.244 e. The van der Waals surface area contributed by atoms with Gasteiger partial charge in [0.1, 0.15) is 0 Å². The predicted molar refractivity (Wildman–Crippen MR) is 72.3 cm³/mol. The molecule has 3 atom stereocenters. The average molecular weight is 281 g/mol. The first-order valence-electron chi connectivity index (χ1n) is 7.49. The minimum Gasteiger partial charge on any atom is -0.381 e. The van der Waals surface area contributed by atoms with Crippen LogP contribution in [0.15, 0.2) is 4.52 Å². The molecule has 0 aromatic carbocycles. The first kappa shape index (κ1) is 14.0. The van der Waals surface area contributed by atoms with E-state index in [2.05, 4.69) is 22.4 Å². The fourth-order valence-electron chi connectivity index (χ4n) is 3.08. The number of rotatable bonds is 4. The van der Waals surface area contributed by atoms with Gasteiger partial charge in [-0.2, -0.15) is 4.98 Å². The van der Waals surface area contributed by atoms with Gasteiger partial charge in [-0.25, -0.2) is 0 Å². The fourth-order valence-corrected chi connectivity index (χ4v) is 3.08. The van der Waals surface area contributed by atoms with Crippen molar-refractivity contribution in [3.05, 3.63) is 11.7 Å². The molecule has 1 N–H and O–H groups in total. The summed E-state index contributed by atoms with van der Waals surface area (Å²) < 4.78 is 16.5. The molecule has 6 heteroatoms. The molecule has 2 saturated heterocycles. The van der Waals surface area contributed by atoms with E-state index in [1.807, 2.05) is 6.92 Å². The lowest BCUT2D eigenvalue weighted by molar-refractivity contribution is 0.0432. The number of ether oxygens (including phenoxy) is 2. The minimum absolute atomic E-state index is 0.106. The van der Waals surface area contributed by atoms with Gasteiger partial charge in [0.15, 0.2) is 5.82 Å². The minimum atomic E-state index is 0.106. The van der Waals surface area contributed by atoms with E-state index < -0.39 is 0 Å². The van der Waals surface area contributed by atoms with Crippen molar-refractivity contribution in [2.75, 3.05) is 19.8 Å². The van der Waals surface area contributed by atoms with Gasteiger partial charge in [0.05, 0.1) is 12.1 Å². The molecule has 0 amide bonds. The molecule has 1 aromatic rings. The van der Waals surface area contributed by atoms with Crippen LogP contribution in [0.2, 0.25) is 0 Å². The summed E-state index contributed by atoms with van der Waals surface area (Å²) in [5, 5.41) is 7.63. The Balaban J connectivity index is 1.75. The van der Waals surface area contributed by atoms with Crippen LogP contribution in [0, 0.1) is 12.8 Å². The summed E-state index contributed by atoms with van der Waals surface area (Å²) >= 11 is 0. The second kappa shape index (κ2) is 6.20. The third-order valence-electron chi connectivity index (χ3n) is 4.32. The van der Waals surface area contributed by atoms with Crippen LogP contribution in [0.5, 0.6) is 0 Å². The molecule has 3 unspecified atom stereocenters. The van der Waals surface area contributed by atoms with Crippen LogP contribution in [0.1, 0.15) is 43.9 Å². The van der Waals surface area contributed by atoms with Gasteiger partial charge in [-0.3, -0.25) is 0 Å². The third kappa shape index (κ3) is 3.02. The number of nitrogens with zero attached hydrogens (tertiary/aromatic N) is 2. The van der Waals surface area contributed by atoms with Gasteiger partial charge >= 0.3 is 0 Å². The Morgan fingerprint density at radius 2 is 2.00 bits per heavy atom. The molecule has 3 rings (SSSR count). The highest BCUT2D eigenvalue weighted by atomic mass is 16.5. The van der Waals surface area contributed by atoms with Crippen LogP contribution >= 0.6 is 0 Å². The zero-order valence-corrected chi connectivity index (χ0v) is 12.2. The summed E-state index contributed by atoms with van der Waals surface area (Å²) in [7, 11) is 0. The van der Waals surface area contributed by atoms with E-state index in [4.69, 9.17) is 14.0 Å². The molecule has 0 spiro atoms. The molecular weight excluding hydrogens is 258 g/mol. The smallest absolute Gasteiger partial charge is 0.244 e. The van der Waals surface area contributed by atoms with Gasteiger partial charge in [-0.05, 0) is 39.0 Å². The third-order valence-corrected chi connectivity index (χ3v) is 4.32. The maximum absolute atomic E-state index is 5.64. The summed E-state index contributed by atoms with van der Waals surface area (Å²) in [6.45, 7) is 6.42. The molecule has 2 fully saturated rings. The van der Waals surface area contributed by atoms with Gasteiger partial charge in [-0.15, -0.1) is 0 Å². The molecule has 0 saturated carbocycles. The van der Waals surface area contributed by atoms with Crippen molar-refractivity contribution in [1.29, 1.82) is 0 Å². The Morgan fingerprint density at radius 1 is 1.20 bits per heavy atom. The Bertz CT molecular complexity index is 431. The van der Waals surface area contributed by atoms with Crippen LogP contribution in [0.25, 0.3) is 0 Å². The molecule has 3 heterocycles. The molecule has 0 aliphatic carbocycles. The van der Waals surface area contributed by atoms with Crippen molar-refractivity contribution in [3.63, 3.8) is 0 Å². The first-order chi connectivity index (χ1) is 9.74. The van der Waals surface area contributed by atoms with Crippen molar-refractivity contribution >= 4 is 0 Å². The molecule has 2 aliphatic heterocycles. The summed E-state index contributed by atoms with van der Waals surface area (Å²) in [6.07, 6.45) is 3.33. The van der Waals surface area contributed by atoms with E-state index in [0.29, 0.717) is 23.7 Å². The lowest BCUT2D eigenvalue weighted by atomic mass is 9.90. The lowest BCUT2D eigenvalue weighted by Gasteiger charge is -2.31. The van der Waals surface area contributed by atoms with Crippen LogP contribution in [0.4, 0.5) is 0 Å². The van der Waals surface area contributed by atoms with Crippen LogP contribution < -0.4 is 5.32 Å². The average Bonchev–Trinajstić information content (AvgIpc) is 3.06. The Kier molecular flexibility index (Phi) is 4.33. The summed E-state index contributed by atoms with van der Waals surface area (Å²) in [6, 6.07) is 0.462. The van der Waals surface area contributed by atoms with Crippen molar-refractivity contribution in [2.24, 2.45) is 5.92 Å². The van der Waals surface area contributed by atoms with Crippen molar-refractivity contribution in [2.45, 2.75) is 51.3 Å². The normalized spacial score (nSPS) is 29.7. The standard InChI is InChI=1S/C14H23N3O3/c1-9-12(5-8-19-9)16-13(11-3-6-18-7-4-11)14-15-10(2)17-20-14/h9,11-13,16H,3-8H2,1-2H3. The largest absolute Gasteiger partial charge is 0.381 e. The van der Waals surface area contributed by atoms with Gasteiger partial charge < -0.3 is 19.3 Å². The van der Waals surface area contributed by atoms with E-state index in [1.54, 1.807) is 0 Å².